The maximum absolute atomic E-state index is 12.6. The number of nitrogens with one attached hydrogen (secondary N) is 3. The fourth-order valence-electron chi connectivity index (χ4n) is 4.03. The highest BCUT2D eigenvalue weighted by atomic mass is 16.2. The van der Waals surface area contributed by atoms with Crippen LogP contribution in [0.3, 0.4) is 0 Å². The van der Waals surface area contributed by atoms with Gasteiger partial charge in [0.1, 0.15) is 12.0 Å². The monoisotopic (exact) mass is 388 g/mol. The van der Waals surface area contributed by atoms with Gasteiger partial charge in [0.05, 0.1) is 5.56 Å². The molecule has 5 rings (SSSR count). The van der Waals surface area contributed by atoms with Crippen LogP contribution in [0.2, 0.25) is 0 Å². The Hall–Kier alpha value is -3.68. The summed E-state index contributed by atoms with van der Waals surface area (Å²) in [5.74, 6) is 0.283. The molecule has 1 aliphatic heterocycles. The Kier molecular flexibility index (Phi) is 4.04. The quantitative estimate of drug-likeness (QED) is 0.639. The van der Waals surface area contributed by atoms with Crippen molar-refractivity contribution >= 4 is 23.3 Å². The van der Waals surface area contributed by atoms with Crippen LogP contribution in [-0.4, -0.2) is 34.0 Å². The smallest absolute Gasteiger partial charge is 0.276 e. The van der Waals surface area contributed by atoms with Crippen molar-refractivity contribution in [3.05, 3.63) is 70.7 Å². The summed E-state index contributed by atoms with van der Waals surface area (Å²) < 4.78 is 0. The number of nitrogens with zero attached hydrogens (tertiary/aromatic N) is 3. The first-order valence-corrected chi connectivity index (χ1v) is 9.58. The van der Waals surface area contributed by atoms with Gasteiger partial charge in [-0.25, -0.2) is 4.98 Å². The predicted molar refractivity (Wildman–Crippen MR) is 108 cm³/mol. The Morgan fingerprint density at radius 3 is 2.86 bits per heavy atom. The Morgan fingerprint density at radius 2 is 2.03 bits per heavy atom. The summed E-state index contributed by atoms with van der Waals surface area (Å²) in [4.78, 5) is 31.3. The molecule has 3 heterocycles. The molecule has 0 saturated heterocycles. The highest BCUT2D eigenvalue weighted by molar-refractivity contribution is 6.04. The number of H-pyrrole nitrogens is 1. The molecule has 8 heteroatoms. The van der Waals surface area contributed by atoms with E-state index < -0.39 is 0 Å². The molecule has 1 atom stereocenters. The number of fused-ring (bicyclic) bond motifs is 2. The van der Waals surface area contributed by atoms with Crippen LogP contribution in [-0.2, 0) is 12.8 Å². The van der Waals surface area contributed by atoms with Gasteiger partial charge in [-0.15, -0.1) is 0 Å². The number of hydrogen-bond donors (Lipinski definition) is 3. The average molecular weight is 388 g/mol. The number of aromatic amines is 1. The molecule has 0 spiro atoms. The maximum atomic E-state index is 12.6. The molecule has 1 aromatic carbocycles. The van der Waals surface area contributed by atoms with Gasteiger partial charge < -0.3 is 15.5 Å². The third-order valence-electron chi connectivity index (χ3n) is 5.53. The number of carbonyl (C=O) groups excluding carboxylic acids is 2. The Bertz CT molecular complexity index is 1100. The number of aromatic nitrogens is 3. The van der Waals surface area contributed by atoms with E-state index in [-0.39, 0.29) is 18.0 Å². The van der Waals surface area contributed by atoms with Crippen LogP contribution >= 0.6 is 0 Å². The Balaban J connectivity index is 1.34. The average Bonchev–Trinajstić information content (AvgIpc) is 3.35. The minimum Gasteiger partial charge on any atom is -0.335 e. The first-order chi connectivity index (χ1) is 14.1. The summed E-state index contributed by atoms with van der Waals surface area (Å²) in [6.45, 7) is 0. The lowest BCUT2D eigenvalue weighted by molar-refractivity contribution is 0.0926. The van der Waals surface area contributed by atoms with Gasteiger partial charge in [0.15, 0.2) is 5.69 Å². The molecule has 2 aliphatic rings. The van der Waals surface area contributed by atoms with Crippen LogP contribution in [0.4, 0.5) is 11.5 Å². The molecular weight excluding hydrogens is 368 g/mol. The molecule has 146 valence electrons. The summed E-state index contributed by atoms with van der Waals surface area (Å²) in [7, 11) is 1.89. The highest BCUT2D eigenvalue weighted by Crippen LogP contribution is 2.30. The zero-order chi connectivity index (χ0) is 20.0. The van der Waals surface area contributed by atoms with Crippen molar-refractivity contribution in [2.45, 2.75) is 25.4 Å². The van der Waals surface area contributed by atoms with Gasteiger partial charge >= 0.3 is 0 Å². The molecule has 2 amide bonds. The van der Waals surface area contributed by atoms with Crippen LogP contribution in [0.5, 0.6) is 0 Å². The molecule has 2 aromatic heterocycles. The molecule has 8 nitrogen and oxygen atoms in total. The van der Waals surface area contributed by atoms with Crippen molar-refractivity contribution in [2.24, 2.45) is 0 Å². The molecule has 1 aliphatic carbocycles. The Morgan fingerprint density at radius 1 is 1.21 bits per heavy atom. The van der Waals surface area contributed by atoms with E-state index in [1.165, 1.54) is 0 Å². The predicted octanol–water partition coefficient (Wildman–Crippen LogP) is 2.42. The van der Waals surface area contributed by atoms with Gasteiger partial charge in [0.2, 0.25) is 0 Å². The van der Waals surface area contributed by atoms with Gasteiger partial charge in [-0.3, -0.25) is 14.7 Å². The first-order valence-electron chi connectivity index (χ1n) is 9.58. The molecule has 29 heavy (non-hydrogen) atoms. The topological polar surface area (TPSA) is 103 Å². The minimum atomic E-state index is -0.329. The number of pyridine rings is 1. The van der Waals surface area contributed by atoms with E-state index >= 15 is 0 Å². The largest absolute Gasteiger partial charge is 0.335 e. The van der Waals surface area contributed by atoms with Crippen LogP contribution in [0.25, 0.3) is 0 Å². The summed E-state index contributed by atoms with van der Waals surface area (Å²) in [5, 5.41) is 13.0. The van der Waals surface area contributed by atoms with E-state index in [1.54, 1.807) is 18.3 Å². The van der Waals surface area contributed by atoms with Crippen molar-refractivity contribution < 1.29 is 9.59 Å². The van der Waals surface area contributed by atoms with Crippen molar-refractivity contribution in [1.29, 1.82) is 0 Å². The van der Waals surface area contributed by atoms with Gasteiger partial charge in [-0.05, 0) is 49.1 Å². The number of aryl methyl sites for hydroxylation is 1. The fourth-order valence-corrected chi connectivity index (χ4v) is 4.03. The van der Waals surface area contributed by atoms with E-state index in [2.05, 4.69) is 25.8 Å². The zero-order valence-electron chi connectivity index (χ0n) is 15.9. The van der Waals surface area contributed by atoms with Crippen LogP contribution in [0, 0.1) is 0 Å². The van der Waals surface area contributed by atoms with E-state index in [9.17, 15) is 9.59 Å². The van der Waals surface area contributed by atoms with E-state index in [0.717, 1.165) is 36.1 Å². The number of rotatable bonds is 3. The Labute approximate surface area is 167 Å². The minimum absolute atomic E-state index is 0.152. The lowest BCUT2D eigenvalue weighted by Gasteiger charge is -2.35. The van der Waals surface area contributed by atoms with Crippen LogP contribution in [0.1, 0.15) is 50.3 Å². The van der Waals surface area contributed by atoms with Crippen molar-refractivity contribution in [3.8, 4) is 0 Å². The van der Waals surface area contributed by atoms with Gasteiger partial charge in [-0.2, -0.15) is 5.10 Å². The number of hydrogen-bond acceptors (Lipinski definition) is 5. The fraction of sp³-hybridized carbons (Fsp3) is 0.238. The molecule has 3 aromatic rings. The lowest BCUT2D eigenvalue weighted by atomic mass is 10.1. The van der Waals surface area contributed by atoms with Crippen molar-refractivity contribution in [3.63, 3.8) is 0 Å². The van der Waals surface area contributed by atoms with Crippen molar-refractivity contribution in [1.82, 2.24) is 20.5 Å². The number of amides is 2. The summed E-state index contributed by atoms with van der Waals surface area (Å²) in [5.41, 5.74) is 4.70. The first kappa shape index (κ1) is 17.4. The highest BCUT2D eigenvalue weighted by Gasteiger charge is 2.30. The van der Waals surface area contributed by atoms with E-state index in [4.69, 9.17) is 0 Å². The van der Waals surface area contributed by atoms with E-state index in [1.807, 2.05) is 36.2 Å². The molecule has 0 radical (unpaired) electrons. The molecule has 3 N–H and O–H groups in total. The SMILES string of the molecule is CN1c2ncccc2C(=O)N[C@H]1c1ccc(NC(=O)c2n[nH]c3c2CCC3)cc1. The van der Waals surface area contributed by atoms with Gasteiger partial charge in [-0.1, -0.05) is 12.1 Å². The maximum Gasteiger partial charge on any atom is 0.276 e. The molecular formula is C21H20N6O2. The standard InChI is InChI=1S/C21H20N6O2/c1-27-18(24-20(28)15-5-3-11-22-19(15)27)12-7-9-13(10-8-12)23-21(29)17-14-4-2-6-16(14)25-26-17/h3,5,7-11,18H,2,4,6H2,1H3,(H,23,29)(H,24,28)(H,25,26)/t18-/m1/s1. The summed E-state index contributed by atoms with van der Waals surface area (Å²) in [6.07, 6.45) is 4.23. The summed E-state index contributed by atoms with van der Waals surface area (Å²) in [6, 6.07) is 10.9. The third-order valence-corrected chi connectivity index (χ3v) is 5.53. The third kappa shape index (κ3) is 2.93. The number of benzene rings is 1. The molecule has 0 unspecified atom stereocenters. The van der Waals surface area contributed by atoms with Crippen LogP contribution in [0.15, 0.2) is 42.6 Å². The lowest BCUT2D eigenvalue weighted by Crippen LogP contribution is -2.45. The van der Waals surface area contributed by atoms with Crippen LogP contribution < -0.4 is 15.5 Å². The number of anilines is 2. The second kappa shape index (κ2) is 6.73. The molecule has 0 bridgehead atoms. The van der Waals surface area contributed by atoms with Gasteiger partial charge in [0, 0.05) is 30.2 Å². The normalized spacial score (nSPS) is 17.5. The second-order valence-electron chi connectivity index (χ2n) is 7.32. The summed E-state index contributed by atoms with van der Waals surface area (Å²) >= 11 is 0. The zero-order valence-corrected chi connectivity index (χ0v) is 15.9. The second-order valence-corrected chi connectivity index (χ2v) is 7.32. The number of carbonyl (C=O) groups is 2. The molecule has 0 fully saturated rings. The van der Waals surface area contributed by atoms with E-state index in [0.29, 0.717) is 22.8 Å². The van der Waals surface area contributed by atoms with Gasteiger partial charge in [0.25, 0.3) is 11.8 Å². The van der Waals surface area contributed by atoms with Crippen molar-refractivity contribution in [2.75, 3.05) is 17.3 Å². The molecule has 0 saturated carbocycles.